The maximum Gasteiger partial charge on any atom is 0.243 e. The quantitative estimate of drug-likeness (QED) is 0.706. The van der Waals surface area contributed by atoms with E-state index in [-0.39, 0.29) is 25.0 Å². The molecule has 1 aromatic rings. The van der Waals surface area contributed by atoms with Crippen LogP contribution in [0.1, 0.15) is 25.0 Å². The van der Waals surface area contributed by atoms with Gasteiger partial charge in [0.05, 0.1) is 6.54 Å². The van der Waals surface area contributed by atoms with Gasteiger partial charge in [0, 0.05) is 18.2 Å². The van der Waals surface area contributed by atoms with Gasteiger partial charge in [-0.3, -0.25) is 9.59 Å². The molecule has 1 aromatic carbocycles. The molecule has 0 atom stereocenters. The smallest absolute Gasteiger partial charge is 0.243 e. The first kappa shape index (κ1) is 15.7. The average Bonchev–Trinajstić information content (AvgIpc) is 2.44. The number of benzene rings is 1. The Morgan fingerprint density at radius 2 is 2.10 bits per heavy atom. The van der Waals surface area contributed by atoms with Gasteiger partial charge in [0.2, 0.25) is 11.8 Å². The first-order chi connectivity index (χ1) is 9.56. The van der Waals surface area contributed by atoms with Gasteiger partial charge in [0.15, 0.2) is 0 Å². The Labute approximate surface area is 118 Å². The Bertz CT molecular complexity index is 556. The van der Waals surface area contributed by atoms with E-state index in [2.05, 4.69) is 22.5 Å². The molecule has 0 saturated carbocycles. The number of carbonyl (C=O) groups excluding carboxylic acids is 2. The molecular weight excluding hydrogens is 256 g/mol. The summed E-state index contributed by atoms with van der Waals surface area (Å²) in [6.45, 7) is 3.10. The van der Waals surface area contributed by atoms with Crippen LogP contribution < -0.4 is 10.6 Å². The molecule has 5 heteroatoms. The minimum Gasteiger partial charge on any atom is -0.384 e. The SMILES string of the molecule is CCc1cc(C#CCO)ccc1NC(=O)CNC(C)=O. The van der Waals surface area contributed by atoms with Crippen molar-refractivity contribution in [2.45, 2.75) is 20.3 Å². The summed E-state index contributed by atoms with van der Waals surface area (Å²) in [6, 6.07) is 5.42. The Balaban J connectivity index is 2.79. The van der Waals surface area contributed by atoms with Crippen molar-refractivity contribution in [1.82, 2.24) is 5.32 Å². The van der Waals surface area contributed by atoms with Crippen LogP contribution in [0, 0.1) is 11.8 Å². The molecule has 0 radical (unpaired) electrons. The fourth-order valence-electron chi connectivity index (χ4n) is 1.63. The van der Waals surface area contributed by atoms with Gasteiger partial charge in [-0.15, -0.1) is 0 Å². The lowest BCUT2D eigenvalue weighted by molar-refractivity contribution is -0.122. The lowest BCUT2D eigenvalue weighted by atomic mass is 10.1. The van der Waals surface area contributed by atoms with Crippen molar-refractivity contribution in [1.29, 1.82) is 0 Å². The normalized spacial score (nSPS) is 9.35. The third-order valence-electron chi connectivity index (χ3n) is 2.57. The number of rotatable bonds is 4. The largest absolute Gasteiger partial charge is 0.384 e. The minimum absolute atomic E-state index is 0.0510. The van der Waals surface area contributed by atoms with Gasteiger partial charge >= 0.3 is 0 Å². The molecule has 0 saturated heterocycles. The summed E-state index contributed by atoms with van der Waals surface area (Å²) in [7, 11) is 0. The molecule has 0 aromatic heterocycles. The van der Waals surface area contributed by atoms with E-state index in [1.165, 1.54) is 6.92 Å². The van der Waals surface area contributed by atoms with Gasteiger partial charge in [-0.05, 0) is 30.2 Å². The number of aliphatic hydroxyl groups excluding tert-OH is 1. The van der Waals surface area contributed by atoms with E-state index in [9.17, 15) is 9.59 Å². The van der Waals surface area contributed by atoms with Crippen molar-refractivity contribution in [2.75, 3.05) is 18.5 Å². The Morgan fingerprint density at radius 3 is 2.70 bits per heavy atom. The summed E-state index contributed by atoms with van der Waals surface area (Å²) >= 11 is 0. The fourth-order valence-corrected chi connectivity index (χ4v) is 1.63. The zero-order valence-electron chi connectivity index (χ0n) is 11.6. The molecular formula is C15H18N2O3. The van der Waals surface area contributed by atoms with Crippen LogP contribution in [0.2, 0.25) is 0 Å². The van der Waals surface area contributed by atoms with E-state index in [4.69, 9.17) is 5.11 Å². The molecule has 0 aliphatic rings. The number of carbonyl (C=O) groups is 2. The Kier molecular flexibility index (Phi) is 6.27. The van der Waals surface area contributed by atoms with Crippen LogP contribution in [0.25, 0.3) is 0 Å². The average molecular weight is 274 g/mol. The van der Waals surface area contributed by atoms with Gasteiger partial charge in [0.1, 0.15) is 6.61 Å². The third-order valence-corrected chi connectivity index (χ3v) is 2.57. The van der Waals surface area contributed by atoms with Gasteiger partial charge in [-0.25, -0.2) is 0 Å². The van der Waals surface area contributed by atoms with E-state index >= 15 is 0 Å². The second kappa shape index (κ2) is 7.97. The van der Waals surface area contributed by atoms with Gasteiger partial charge in [0.25, 0.3) is 0 Å². The van der Waals surface area contributed by atoms with Crippen molar-refractivity contribution >= 4 is 17.5 Å². The van der Waals surface area contributed by atoms with E-state index in [1.807, 2.05) is 13.0 Å². The third kappa shape index (κ3) is 5.12. The molecule has 0 aliphatic heterocycles. The second-order valence-corrected chi connectivity index (χ2v) is 4.14. The maximum atomic E-state index is 11.7. The number of hydrogen-bond donors (Lipinski definition) is 3. The lowest BCUT2D eigenvalue weighted by Gasteiger charge is -2.10. The maximum absolute atomic E-state index is 11.7. The summed E-state index contributed by atoms with van der Waals surface area (Å²) in [6.07, 6.45) is 0.740. The lowest BCUT2D eigenvalue weighted by Crippen LogP contribution is -2.31. The highest BCUT2D eigenvalue weighted by Gasteiger charge is 2.07. The predicted molar refractivity (Wildman–Crippen MR) is 77.1 cm³/mol. The highest BCUT2D eigenvalue weighted by molar-refractivity contribution is 5.94. The van der Waals surface area contributed by atoms with Crippen LogP contribution in [-0.2, 0) is 16.0 Å². The van der Waals surface area contributed by atoms with Crippen LogP contribution in [0.3, 0.4) is 0 Å². The summed E-state index contributed by atoms with van der Waals surface area (Å²) in [5, 5.41) is 13.9. The number of aliphatic hydroxyl groups is 1. The van der Waals surface area contributed by atoms with E-state index in [0.717, 1.165) is 17.5 Å². The molecule has 2 amide bonds. The molecule has 3 N–H and O–H groups in total. The molecule has 0 unspecified atom stereocenters. The molecule has 0 spiro atoms. The number of nitrogens with one attached hydrogen (secondary N) is 2. The van der Waals surface area contributed by atoms with Crippen molar-refractivity contribution in [3.05, 3.63) is 29.3 Å². The summed E-state index contributed by atoms with van der Waals surface area (Å²) in [5.74, 6) is 4.88. The number of amides is 2. The first-order valence-electron chi connectivity index (χ1n) is 6.33. The fraction of sp³-hybridized carbons (Fsp3) is 0.333. The van der Waals surface area contributed by atoms with Crippen LogP contribution in [0.15, 0.2) is 18.2 Å². The van der Waals surface area contributed by atoms with Crippen molar-refractivity contribution in [2.24, 2.45) is 0 Å². The summed E-state index contributed by atoms with van der Waals surface area (Å²) < 4.78 is 0. The molecule has 0 aliphatic carbocycles. The number of anilines is 1. The zero-order valence-corrected chi connectivity index (χ0v) is 11.6. The molecule has 0 fully saturated rings. The van der Waals surface area contributed by atoms with Gasteiger partial charge < -0.3 is 15.7 Å². The highest BCUT2D eigenvalue weighted by atomic mass is 16.2. The summed E-state index contributed by atoms with van der Waals surface area (Å²) in [4.78, 5) is 22.4. The predicted octanol–water partition coefficient (Wildman–Crippen LogP) is 0.667. The molecule has 1 rings (SSSR count). The van der Waals surface area contributed by atoms with Gasteiger partial charge in [-0.1, -0.05) is 18.8 Å². The van der Waals surface area contributed by atoms with Crippen LogP contribution in [0.5, 0.6) is 0 Å². The molecule has 0 heterocycles. The van der Waals surface area contributed by atoms with Crippen molar-refractivity contribution in [3.8, 4) is 11.8 Å². The molecule has 5 nitrogen and oxygen atoms in total. The first-order valence-corrected chi connectivity index (χ1v) is 6.33. The molecule has 0 bridgehead atoms. The monoisotopic (exact) mass is 274 g/mol. The summed E-state index contributed by atoms with van der Waals surface area (Å²) in [5.41, 5.74) is 2.44. The van der Waals surface area contributed by atoms with Crippen molar-refractivity contribution in [3.63, 3.8) is 0 Å². The number of aryl methyl sites for hydroxylation is 1. The minimum atomic E-state index is -0.274. The van der Waals surface area contributed by atoms with Crippen LogP contribution in [0.4, 0.5) is 5.69 Å². The standard InChI is InChI=1S/C15H18N2O3/c1-3-13-9-12(5-4-8-18)6-7-14(13)17-15(20)10-16-11(2)19/h6-7,9,18H,3,8,10H2,1-2H3,(H,16,19)(H,17,20). The van der Waals surface area contributed by atoms with E-state index < -0.39 is 0 Å². The van der Waals surface area contributed by atoms with Crippen LogP contribution >= 0.6 is 0 Å². The topological polar surface area (TPSA) is 78.4 Å². The molecule has 20 heavy (non-hydrogen) atoms. The molecule has 106 valence electrons. The zero-order chi connectivity index (χ0) is 15.0. The van der Waals surface area contributed by atoms with Crippen molar-refractivity contribution < 1.29 is 14.7 Å². The van der Waals surface area contributed by atoms with E-state index in [0.29, 0.717) is 5.69 Å². The van der Waals surface area contributed by atoms with E-state index in [1.54, 1.807) is 12.1 Å². The number of hydrogen-bond acceptors (Lipinski definition) is 3. The Hall–Kier alpha value is -2.32. The van der Waals surface area contributed by atoms with Crippen LogP contribution in [-0.4, -0.2) is 30.1 Å². The highest BCUT2D eigenvalue weighted by Crippen LogP contribution is 2.17. The second-order valence-electron chi connectivity index (χ2n) is 4.14. The Morgan fingerprint density at radius 1 is 1.35 bits per heavy atom. The van der Waals surface area contributed by atoms with Gasteiger partial charge in [-0.2, -0.15) is 0 Å².